The Morgan fingerprint density at radius 2 is 1.94 bits per heavy atom. The zero-order valence-corrected chi connectivity index (χ0v) is 12.5. The quantitative estimate of drug-likeness (QED) is 0.757. The Morgan fingerprint density at radius 3 is 2.50 bits per heavy atom. The fourth-order valence-corrected chi connectivity index (χ4v) is 1.84. The molecule has 1 rings (SSSR count). The average Bonchev–Trinajstić information content (AvgIpc) is 2.42. The first kappa shape index (κ1) is 14.8. The van der Waals surface area contributed by atoms with Crippen molar-refractivity contribution in [1.29, 1.82) is 0 Å². The number of methoxy groups -OCH3 is 2. The van der Waals surface area contributed by atoms with Crippen molar-refractivity contribution in [3.05, 3.63) is 23.8 Å². The normalized spacial score (nSPS) is 10.0. The number of alkyl halides is 1. The van der Waals surface area contributed by atoms with Gasteiger partial charge in [-0.2, -0.15) is 0 Å². The molecule has 0 bridgehead atoms. The lowest BCUT2D eigenvalue weighted by Crippen LogP contribution is -2.27. The highest BCUT2D eigenvalue weighted by Crippen LogP contribution is 2.27. The first-order valence-electron chi connectivity index (χ1n) is 5.67. The molecule has 100 valence electrons. The third-order valence-electron chi connectivity index (χ3n) is 2.60. The number of carbonyl (C=O) groups excluding carboxylic acids is 1. The molecule has 0 aromatic heterocycles. The largest absolute Gasteiger partial charge is 0.493 e. The fourth-order valence-electron chi connectivity index (χ4n) is 1.59. The second-order valence-electron chi connectivity index (χ2n) is 3.84. The molecule has 0 aliphatic heterocycles. The van der Waals surface area contributed by atoms with E-state index in [0.717, 1.165) is 18.3 Å². The summed E-state index contributed by atoms with van der Waals surface area (Å²) >= 11 is 3.35. The van der Waals surface area contributed by atoms with Gasteiger partial charge in [-0.1, -0.05) is 15.9 Å². The van der Waals surface area contributed by atoms with E-state index in [2.05, 4.69) is 15.9 Å². The van der Waals surface area contributed by atoms with Gasteiger partial charge in [0.15, 0.2) is 11.5 Å². The van der Waals surface area contributed by atoms with Crippen LogP contribution in [0.5, 0.6) is 11.5 Å². The highest BCUT2D eigenvalue weighted by atomic mass is 79.9. The molecule has 0 spiro atoms. The minimum absolute atomic E-state index is 0.0168. The van der Waals surface area contributed by atoms with E-state index in [1.165, 1.54) is 0 Å². The first-order valence-corrected chi connectivity index (χ1v) is 6.79. The van der Waals surface area contributed by atoms with Crippen molar-refractivity contribution in [2.45, 2.75) is 6.42 Å². The zero-order valence-electron chi connectivity index (χ0n) is 10.9. The number of carbonyl (C=O) groups is 1. The molecule has 5 heteroatoms. The minimum atomic E-state index is -0.0168. The van der Waals surface area contributed by atoms with Crippen LogP contribution in [-0.4, -0.2) is 43.9 Å². The van der Waals surface area contributed by atoms with Gasteiger partial charge in [-0.25, -0.2) is 0 Å². The second kappa shape index (κ2) is 7.26. The highest BCUT2D eigenvalue weighted by Gasteiger charge is 2.14. The molecule has 18 heavy (non-hydrogen) atoms. The van der Waals surface area contributed by atoms with E-state index < -0.39 is 0 Å². The van der Waals surface area contributed by atoms with Gasteiger partial charge in [0.25, 0.3) is 5.91 Å². The van der Waals surface area contributed by atoms with Crippen LogP contribution in [0.3, 0.4) is 0 Å². The van der Waals surface area contributed by atoms with Crippen molar-refractivity contribution in [2.24, 2.45) is 0 Å². The summed E-state index contributed by atoms with van der Waals surface area (Å²) in [6.07, 6.45) is 0.926. The van der Waals surface area contributed by atoms with Gasteiger partial charge in [0, 0.05) is 24.5 Å². The van der Waals surface area contributed by atoms with Gasteiger partial charge in [-0.3, -0.25) is 4.79 Å². The van der Waals surface area contributed by atoms with Crippen LogP contribution in [0.4, 0.5) is 0 Å². The molecule has 1 aromatic rings. The Kier molecular flexibility index (Phi) is 5.98. The van der Waals surface area contributed by atoms with E-state index in [4.69, 9.17) is 9.47 Å². The number of amides is 1. The lowest BCUT2D eigenvalue weighted by Gasteiger charge is -2.17. The SMILES string of the molecule is COc1ccc(C(=O)N(C)CCCBr)cc1OC. The Hall–Kier alpha value is -1.23. The first-order chi connectivity index (χ1) is 8.63. The van der Waals surface area contributed by atoms with Gasteiger partial charge in [-0.05, 0) is 24.6 Å². The summed E-state index contributed by atoms with van der Waals surface area (Å²) in [5.41, 5.74) is 0.602. The highest BCUT2D eigenvalue weighted by molar-refractivity contribution is 9.09. The van der Waals surface area contributed by atoms with Gasteiger partial charge >= 0.3 is 0 Å². The Morgan fingerprint density at radius 1 is 1.28 bits per heavy atom. The number of nitrogens with zero attached hydrogens (tertiary/aromatic N) is 1. The van der Waals surface area contributed by atoms with Gasteiger partial charge in [0.05, 0.1) is 14.2 Å². The van der Waals surface area contributed by atoms with Crippen LogP contribution in [0.25, 0.3) is 0 Å². The van der Waals surface area contributed by atoms with Gasteiger partial charge in [0.1, 0.15) is 0 Å². The summed E-state index contributed by atoms with van der Waals surface area (Å²) in [6.45, 7) is 0.721. The average molecular weight is 316 g/mol. The standard InChI is InChI=1S/C13H18BrNO3/c1-15(8-4-7-14)13(16)10-5-6-11(17-2)12(9-10)18-3/h5-6,9H,4,7-8H2,1-3H3. The number of hydrogen-bond donors (Lipinski definition) is 0. The van der Waals surface area contributed by atoms with Gasteiger partial charge in [0.2, 0.25) is 0 Å². The van der Waals surface area contributed by atoms with Crippen LogP contribution in [0.2, 0.25) is 0 Å². The van der Waals surface area contributed by atoms with Crippen LogP contribution in [0, 0.1) is 0 Å². The third kappa shape index (κ3) is 3.63. The van der Waals surface area contributed by atoms with Crippen molar-refractivity contribution in [3.8, 4) is 11.5 Å². The molecule has 0 fully saturated rings. The van der Waals surface area contributed by atoms with Crippen LogP contribution >= 0.6 is 15.9 Å². The van der Waals surface area contributed by atoms with E-state index in [-0.39, 0.29) is 5.91 Å². The molecule has 1 aromatic carbocycles. The summed E-state index contributed by atoms with van der Waals surface area (Å²) in [6, 6.07) is 5.19. The molecule has 1 amide bonds. The maximum absolute atomic E-state index is 12.1. The molecular weight excluding hydrogens is 298 g/mol. The van der Waals surface area contributed by atoms with E-state index in [1.807, 2.05) is 0 Å². The maximum atomic E-state index is 12.1. The van der Waals surface area contributed by atoms with Crippen LogP contribution in [0.15, 0.2) is 18.2 Å². The summed E-state index contributed by atoms with van der Waals surface area (Å²) in [5, 5.41) is 0.885. The predicted octanol–water partition coefficient (Wildman–Crippen LogP) is 2.56. The second-order valence-corrected chi connectivity index (χ2v) is 4.63. The van der Waals surface area contributed by atoms with Crippen LogP contribution < -0.4 is 9.47 Å². The molecule has 0 heterocycles. The van der Waals surface area contributed by atoms with Crippen molar-refractivity contribution in [2.75, 3.05) is 33.1 Å². The Labute approximate surface area is 116 Å². The van der Waals surface area contributed by atoms with Crippen LogP contribution in [0.1, 0.15) is 16.8 Å². The van der Waals surface area contributed by atoms with E-state index in [1.54, 1.807) is 44.4 Å². The Bertz CT molecular complexity index is 409. The molecule has 0 aliphatic rings. The molecule has 0 aliphatic carbocycles. The minimum Gasteiger partial charge on any atom is -0.493 e. The van der Waals surface area contributed by atoms with Crippen molar-refractivity contribution < 1.29 is 14.3 Å². The molecule has 0 atom stereocenters. The zero-order chi connectivity index (χ0) is 13.5. The van der Waals surface area contributed by atoms with Crippen molar-refractivity contribution in [3.63, 3.8) is 0 Å². The summed E-state index contributed by atoms with van der Waals surface area (Å²) in [5.74, 6) is 1.17. The molecule has 0 radical (unpaired) electrons. The molecule has 0 saturated carbocycles. The van der Waals surface area contributed by atoms with Crippen molar-refractivity contribution in [1.82, 2.24) is 4.90 Å². The summed E-state index contributed by atoms with van der Waals surface area (Å²) in [7, 11) is 4.92. The van der Waals surface area contributed by atoms with Crippen LogP contribution in [-0.2, 0) is 0 Å². The smallest absolute Gasteiger partial charge is 0.253 e. The monoisotopic (exact) mass is 315 g/mol. The van der Waals surface area contributed by atoms with E-state index >= 15 is 0 Å². The number of benzene rings is 1. The van der Waals surface area contributed by atoms with Gasteiger partial charge in [-0.15, -0.1) is 0 Å². The lowest BCUT2D eigenvalue weighted by molar-refractivity contribution is 0.0795. The molecule has 0 N–H and O–H groups in total. The maximum Gasteiger partial charge on any atom is 0.253 e. The predicted molar refractivity (Wildman–Crippen MR) is 74.9 cm³/mol. The number of hydrogen-bond acceptors (Lipinski definition) is 3. The van der Waals surface area contributed by atoms with Gasteiger partial charge < -0.3 is 14.4 Å². The summed E-state index contributed by atoms with van der Waals surface area (Å²) in [4.78, 5) is 13.8. The molecular formula is C13H18BrNO3. The Balaban J connectivity index is 2.86. The topological polar surface area (TPSA) is 38.8 Å². The fraction of sp³-hybridized carbons (Fsp3) is 0.462. The molecule has 4 nitrogen and oxygen atoms in total. The number of halogens is 1. The molecule has 0 saturated heterocycles. The summed E-state index contributed by atoms with van der Waals surface area (Å²) < 4.78 is 10.3. The van der Waals surface area contributed by atoms with E-state index in [0.29, 0.717) is 17.1 Å². The number of rotatable bonds is 6. The molecule has 0 unspecified atom stereocenters. The van der Waals surface area contributed by atoms with Crippen molar-refractivity contribution >= 4 is 21.8 Å². The number of ether oxygens (including phenoxy) is 2. The lowest BCUT2D eigenvalue weighted by atomic mass is 10.1. The third-order valence-corrected chi connectivity index (χ3v) is 3.17. The van der Waals surface area contributed by atoms with E-state index in [9.17, 15) is 4.79 Å².